The summed E-state index contributed by atoms with van der Waals surface area (Å²) in [4.78, 5) is 2.93. The van der Waals surface area contributed by atoms with Gasteiger partial charge in [0.25, 0.3) is 0 Å². The van der Waals surface area contributed by atoms with Gasteiger partial charge in [0.1, 0.15) is 4.99 Å². The number of anilines is 1. The first kappa shape index (κ1) is 12.2. The molecular weight excluding hydrogens is 264 g/mol. The van der Waals surface area contributed by atoms with Gasteiger partial charge in [-0.15, -0.1) is 0 Å². The average Bonchev–Trinajstić information content (AvgIpc) is 3.18. The average molecular weight is 281 g/mol. The molecule has 4 heteroatoms. The van der Waals surface area contributed by atoms with Crippen molar-refractivity contribution in [2.45, 2.75) is 31.7 Å². The van der Waals surface area contributed by atoms with Crippen LogP contribution in [0.2, 0.25) is 5.02 Å². The summed E-state index contributed by atoms with van der Waals surface area (Å²) in [5, 5.41) is 0.756. The second kappa shape index (κ2) is 4.71. The van der Waals surface area contributed by atoms with E-state index in [0.29, 0.717) is 11.0 Å². The maximum absolute atomic E-state index is 6.13. The molecule has 2 fully saturated rings. The summed E-state index contributed by atoms with van der Waals surface area (Å²) in [7, 11) is 0. The Hall–Kier alpha value is -0.800. The minimum absolute atomic E-state index is 0.461. The van der Waals surface area contributed by atoms with Crippen LogP contribution in [0.5, 0.6) is 0 Å². The Balaban J connectivity index is 1.95. The van der Waals surface area contributed by atoms with Gasteiger partial charge >= 0.3 is 0 Å². The summed E-state index contributed by atoms with van der Waals surface area (Å²) >= 11 is 11.3. The highest BCUT2D eigenvalue weighted by Gasteiger charge is 2.35. The first-order valence-corrected chi connectivity index (χ1v) is 7.30. The largest absolute Gasteiger partial charge is 0.389 e. The second-order valence-corrected chi connectivity index (χ2v) is 6.23. The van der Waals surface area contributed by atoms with Gasteiger partial charge in [0.2, 0.25) is 0 Å². The normalized spacial score (nSPS) is 18.7. The number of nitrogens with two attached hydrogens (primary N) is 1. The number of thiocarbonyl (C=S) groups is 1. The predicted octanol–water partition coefficient (Wildman–Crippen LogP) is 3.35. The number of hydrogen-bond acceptors (Lipinski definition) is 2. The van der Waals surface area contributed by atoms with Crippen LogP contribution in [0, 0.1) is 5.92 Å². The van der Waals surface area contributed by atoms with Gasteiger partial charge in [0.15, 0.2) is 0 Å². The molecule has 1 aromatic carbocycles. The molecule has 0 amide bonds. The van der Waals surface area contributed by atoms with E-state index >= 15 is 0 Å². The molecule has 0 aliphatic heterocycles. The Morgan fingerprint density at radius 1 is 1.33 bits per heavy atom. The van der Waals surface area contributed by atoms with E-state index in [1.54, 1.807) is 0 Å². The van der Waals surface area contributed by atoms with Crippen molar-refractivity contribution in [2.75, 3.05) is 11.4 Å². The molecule has 0 heterocycles. The fraction of sp³-hybridized carbons (Fsp3) is 0.500. The van der Waals surface area contributed by atoms with Crippen molar-refractivity contribution in [3.05, 3.63) is 28.8 Å². The third-order valence-corrected chi connectivity index (χ3v) is 4.13. The van der Waals surface area contributed by atoms with Gasteiger partial charge in [-0.2, -0.15) is 0 Å². The molecule has 2 aliphatic carbocycles. The van der Waals surface area contributed by atoms with Crippen molar-refractivity contribution in [3.8, 4) is 0 Å². The molecule has 0 spiro atoms. The summed E-state index contributed by atoms with van der Waals surface area (Å²) in [6.07, 6.45) is 5.25. The lowest BCUT2D eigenvalue weighted by atomic mass is 10.1. The minimum Gasteiger partial charge on any atom is -0.389 e. The molecule has 1 aromatic rings. The van der Waals surface area contributed by atoms with Crippen LogP contribution in [-0.4, -0.2) is 17.6 Å². The van der Waals surface area contributed by atoms with Crippen molar-refractivity contribution in [1.82, 2.24) is 0 Å². The topological polar surface area (TPSA) is 29.3 Å². The molecule has 0 unspecified atom stereocenters. The summed E-state index contributed by atoms with van der Waals surface area (Å²) in [5.41, 5.74) is 7.92. The van der Waals surface area contributed by atoms with E-state index in [-0.39, 0.29) is 0 Å². The number of hydrogen-bond donors (Lipinski definition) is 1. The van der Waals surface area contributed by atoms with E-state index in [1.807, 2.05) is 18.2 Å². The predicted molar refractivity (Wildman–Crippen MR) is 80.4 cm³/mol. The molecule has 0 bridgehead atoms. The van der Waals surface area contributed by atoms with Crippen molar-refractivity contribution < 1.29 is 0 Å². The van der Waals surface area contributed by atoms with Crippen LogP contribution in [0.25, 0.3) is 0 Å². The van der Waals surface area contributed by atoms with Crippen molar-refractivity contribution in [1.29, 1.82) is 0 Å². The van der Waals surface area contributed by atoms with E-state index in [0.717, 1.165) is 28.7 Å². The van der Waals surface area contributed by atoms with Crippen LogP contribution < -0.4 is 10.6 Å². The fourth-order valence-electron chi connectivity index (χ4n) is 2.36. The summed E-state index contributed by atoms with van der Waals surface area (Å²) in [6, 6.07) is 6.48. The lowest BCUT2D eigenvalue weighted by Gasteiger charge is -2.27. The van der Waals surface area contributed by atoms with Gasteiger partial charge in [-0.3, -0.25) is 0 Å². The zero-order valence-electron chi connectivity index (χ0n) is 10.2. The lowest BCUT2D eigenvalue weighted by Crippen LogP contribution is -2.30. The summed E-state index contributed by atoms with van der Waals surface area (Å²) < 4.78 is 0. The van der Waals surface area contributed by atoms with Gasteiger partial charge in [0.05, 0.1) is 0 Å². The van der Waals surface area contributed by atoms with E-state index in [2.05, 4.69) is 4.90 Å². The zero-order valence-corrected chi connectivity index (χ0v) is 11.8. The van der Waals surface area contributed by atoms with E-state index < -0.39 is 0 Å². The monoisotopic (exact) mass is 280 g/mol. The van der Waals surface area contributed by atoms with Crippen LogP contribution >= 0.6 is 23.8 Å². The molecule has 0 atom stereocenters. The Labute approximate surface area is 118 Å². The highest BCUT2D eigenvalue weighted by atomic mass is 35.5. The Kier molecular flexibility index (Phi) is 3.20. The summed E-state index contributed by atoms with van der Waals surface area (Å²) in [5.74, 6) is 0.851. The van der Waals surface area contributed by atoms with Gasteiger partial charge in [-0.25, -0.2) is 0 Å². The Bertz CT molecular complexity index is 481. The zero-order chi connectivity index (χ0) is 12.7. The summed E-state index contributed by atoms with van der Waals surface area (Å²) in [6.45, 7) is 1.13. The van der Waals surface area contributed by atoms with Gasteiger partial charge < -0.3 is 10.6 Å². The number of benzene rings is 1. The van der Waals surface area contributed by atoms with Crippen LogP contribution in [0.4, 0.5) is 5.69 Å². The van der Waals surface area contributed by atoms with E-state index in [9.17, 15) is 0 Å². The smallest absolute Gasteiger partial charge is 0.106 e. The molecule has 96 valence electrons. The lowest BCUT2D eigenvalue weighted by molar-refractivity contribution is 0.718. The van der Waals surface area contributed by atoms with E-state index in [4.69, 9.17) is 29.6 Å². The van der Waals surface area contributed by atoms with Crippen molar-refractivity contribution >= 4 is 34.5 Å². The maximum atomic E-state index is 6.13. The van der Waals surface area contributed by atoms with Gasteiger partial charge in [-0.1, -0.05) is 23.8 Å². The molecule has 2 aliphatic rings. The SMILES string of the molecule is NC(=S)c1ccc(Cl)cc1N(CC1CC1)C1CC1. The number of nitrogens with zero attached hydrogens (tertiary/aromatic N) is 1. The molecule has 18 heavy (non-hydrogen) atoms. The minimum atomic E-state index is 0.461. The van der Waals surface area contributed by atoms with Crippen molar-refractivity contribution in [2.24, 2.45) is 11.7 Å². The third-order valence-electron chi connectivity index (χ3n) is 3.67. The Morgan fingerprint density at radius 2 is 2.06 bits per heavy atom. The maximum Gasteiger partial charge on any atom is 0.106 e. The van der Waals surface area contributed by atoms with Crippen molar-refractivity contribution in [3.63, 3.8) is 0 Å². The third kappa shape index (κ3) is 2.62. The first-order chi connectivity index (χ1) is 8.65. The number of rotatable bonds is 5. The Morgan fingerprint density at radius 3 is 2.61 bits per heavy atom. The molecule has 2 saturated carbocycles. The first-order valence-electron chi connectivity index (χ1n) is 6.51. The molecule has 0 saturated heterocycles. The molecular formula is C14H17ClN2S. The molecule has 2 nitrogen and oxygen atoms in total. The fourth-order valence-corrected chi connectivity index (χ4v) is 2.70. The molecule has 2 N–H and O–H groups in total. The van der Waals surface area contributed by atoms with Gasteiger partial charge in [0, 0.05) is 28.9 Å². The van der Waals surface area contributed by atoms with Crippen LogP contribution in [0.1, 0.15) is 31.2 Å². The quantitative estimate of drug-likeness (QED) is 0.839. The van der Waals surface area contributed by atoms with Crippen LogP contribution in [0.15, 0.2) is 18.2 Å². The van der Waals surface area contributed by atoms with Crippen LogP contribution in [-0.2, 0) is 0 Å². The second-order valence-electron chi connectivity index (χ2n) is 5.35. The molecule has 0 radical (unpaired) electrons. The van der Waals surface area contributed by atoms with Crippen LogP contribution in [0.3, 0.4) is 0 Å². The highest BCUT2D eigenvalue weighted by molar-refractivity contribution is 7.80. The van der Waals surface area contributed by atoms with Gasteiger partial charge in [-0.05, 0) is 49.8 Å². The highest BCUT2D eigenvalue weighted by Crippen LogP contribution is 2.39. The molecule has 3 rings (SSSR count). The standard InChI is InChI=1S/C14H17ClN2S/c15-10-3-6-12(14(16)18)13(7-10)17(11-4-5-11)8-9-1-2-9/h3,6-7,9,11H,1-2,4-5,8H2,(H2,16,18). The van der Waals surface area contributed by atoms with E-state index in [1.165, 1.54) is 25.7 Å². The molecule has 0 aromatic heterocycles. The number of halogens is 1.